The van der Waals surface area contributed by atoms with E-state index in [1.165, 1.54) is 0 Å². The number of hydrogen-bond donors (Lipinski definition) is 5. The number of H-pyrrole nitrogens is 1. The standard InChI is InChI=1S/C28H36N4O5/c1-36-19-14-15-23-20(17-19)21-18-37-26-12-6-5-10-24(26)31-28(34)25(11-3-2-4-13-27(33)32-35)29-16-8-7-9-22(21)30-23/h5-6,10,12,14-15,17,25,29-30,35H,2-4,7-9,11,13,16,18H2,1H3,(H,31,34)(H,32,33)/t25-/m0/s1. The van der Waals surface area contributed by atoms with E-state index in [1.807, 2.05) is 42.5 Å². The second-order valence-electron chi connectivity index (χ2n) is 9.37. The lowest BCUT2D eigenvalue weighted by atomic mass is 10.0. The Balaban J connectivity index is 1.50. The molecule has 2 aromatic carbocycles. The maximum Gasteiger partial charge on any atom is 0.243 e. The highest BCUT2D eigenvalue weighted by molar-refractivity contribution is 5.96. The molecule has 1 aliphatic heterocycles. The Morgan fingerprint density at radius 1 is 1.16 bits per heavy atom. The first-order chi connectivity index (χ1) is 18.1. The fourth-order valence-electron chi connectivity index (χ4n) is 4.75. The number of fused-ring (bicyclic) bond motifs is 4. The van der Waals surface area contributed by atoms with Crippen molar-refractivity contribution in [3.63, 3.8) is 0 Å². The van der Waals surface area contributed by atoms with Crippen molar-refractivity contribution < 1.29 is 24.3 Å². The zero-order chi connectivity index (χ0) is 26.0. The van der Waals surface area contributed by atoms with Crippen LogP contribution in [0.3, 0.4) is 0 Å². The number of hydrogen-bond acceptors (Lipinski definition) is 6. The highest BCUT2D eigenvalue weighted by atomic mass is 16.5. The largest absolute Gasteiger partial charge is 0.497 e. The number of hydroxylamine groups is 1. The van der Waals surface area contributed by atoms with Crippen molar-refractivity contribution in [1.29, 1.82) is 0 Å². The fraction of sp³-hybridized carbons (Fsp3) is 0.429. The number of carbonyl (C=O) groups is 2. The van der Waals surface area contributed by atoms with Gasteiger partial charge in [0.25, 0.3) is 0 Å². The number of benzene rings is 2. The molecule has 37 heavy (non-hydrogen) atoms. The van der Waals surface area contributed by atoms with Crippen LogP contribution in [0.4, 0.5) is 5.69 Å². The van der Waals surface area contributed by atoms with Crippen LogP contribution in [0.25, 0.3) is 10.9 Å². The van der Waals surface area contributed by atoms with Gasteiger partial charge in [-0.05, 0) is 69.0 Å². The average Bonchev–Trinajstić information content (AvgIpc) is 3.26. The van der Waals surface area contributed by atoms with Gasteiger partial charge in [0.2, 0.25) is 11.8 Å². The number of aromatic nitrogens is 1. The molecule has 0 bridgehead atoms. The molecule has 2 heterocycles. The monoisotopic (exact) mass is 508 g/mol. The molecule has 0 aliphatic carbocycles. The number of anilines is 1. The van der Waals surface area contributed by atoms with Gasteiger partial charge in [-0.15, -0.1) is 0 Å². The van der Waals surface area contributed by atoms with Crippen LogP contribution >= 0.6 is 0 Å². The van der Waals surface area contributed by atoms with E-state index < -0.39 is 0 Å². The molecular formula is C28H36N4O5. The van der Waals surface area contributed by atoms with Gasteiger partial charge in [0, 0.05) is 28.6 Å². The summed E-state index contributed by atoms with van der Waals surface area (Å²) in [6.45, 7) is 1.10. The smallest absolute Gasteiger partial charge is 0.243 e. The summed E-state index contributed by atoms with van der Waals surface area (Å²) in [4.78, 5) is 28.0. The highest BCUT2D eigenvalue weighted by Gasteiger charge is 2.20. The average molecular weight is 509 g/mol. The number of unbranched alkanes of at least 4 members (excludes halogenated alkanes) is 2. The first-order valence-corrected chi connectivity index (χ1v) is 13.0. The third kappa shape index (κ3) is 7.02. The summed E-state index contributed by atoms with van der Waals surface area (Å²) >= 11 is 0. The minimum atomic E-state index is -0.386. The number of amides is 2. The van der Waals surface area contributed by atoms with Gasteiger partial charge in [-0.25, -0.2) is 5.48 Å². The fourth-order valence-corrected chi connectivity index (χ4v) is 4.75. The molecule has 0 saturated heterocycles. The van der Waals surface area contributed by atoms with E-state index in [1.54, 1.807) is 12.6 Å². The molecule has 1 aliphatic rings. The quantitative estimate of drug-likeness (QED) is 0.183. The van der Waals surface area contributed by atoms with E-state index in [0.29, 0.717) is 30.9 Å². The molecule has 3 aromatic rings. The van der Waals surface area contributed by atoms with E-state index in [0.717, 1.165) is 66.6 Å². The van der Waals surface area contributed by atoms with E-state index in [9.17, 15) is 9.59 Å². The van der Waals surface area contributed by atoms with Crippen molar-refractivity contribution in [3.05, 3.63) is 53.7 Å². The van der Waals surface area contributed by atoms with Crippen LogP contribution in [0.2, 0.25) is 0 Å². The normalized spacial score (nSPS) is 16.6. The Bertz CT molecular complexity index is 1210. The van der Waals surface area contributed by atoms with Crippen LogP contribution in [0, 0.1) is 0 Å². The van der Waals surface area contributed by atoms with E-state index in [-0.39, 0.29) is 24.3 Å². The maximum absolute atomic E-state index is 13.2. The van der Waals surface area contributed by atoms with Crippen LogP contribution in [0.1, 0.15) is 56.2 Å². The third-order valence-corrected chi connectivity index (χ3v) is 6.80. The van der Waals surface area contributed by atoms with Gasteiger partial charge < -0.3 is 25.1 Å². The molecule has 198 valence electrons. The van der Waals surface area contributed by atoms with Crippen LogP contribution in [-0.4, -0.2) is 41.7 Å². The number of methoxy groups -OCH3 is 1. The van der Waals surface area contributed by atoms with Gasteiger partial charge in [0.1, 0.15) is 18.1 Å². The summed E-state index contributed by atoms with van der Waals surface area (Å²) in [6, 6.07) is 13.2. The summed E-state index contributed by atoms with van der Waals surface area (Å²) in [6.07, 6.45) is 5.95. The zero-order valence-corrected chi connectivity index (χ0v) is 21.3. The van der Waals surface area contributed by atoms with Crippen LogP contribution in [0.15, 0.2) is 42.5 Å². The molecule has 0 spiro atoms. The number of aromatic amines is 1. The number of nitrogens with one attached hydrogen (secondary N) is 4. The van der Waals surface area contributed by atoms with Crippen molar-refractivity contribution >= 4 is 28.4 Å². The molecule has 5 N–H and O–H groups in total. The number of aryl methyl sites for hydroxylation is 1. The molecule has 0 unspecified atom stereocenters. The van der Waals surface area contributed by atoms with Gasteiger partial charge >= 0.3 is 0 Å². The summed E-state index contributed by atoms with van der Waals surface area (Å²) in [5.74, 6) is 0.930. The maximum atomic E-state index is 13.2. The minimum absolute atomic E-state index is 0.0984. The zero-order valence-electron chi connectivity index (χ0n) is 21.3. The van der Waals surface area contributed by atoms with Crippen molar-refractivity contribution in [3.8, 4) is 11.5 Å². The predicted molar refractivity (Wildman–Crippen MR) is 142 cm³/mol. The van der Waals surface area contributed by atoms with Crippen molar-refractivity contribution in [1.82, 2.24) is 15.8 Å². The van der Waals surface area contributed by atoms with Crippen LogP contribution < -0.4 is 25.6 Å². The lowest BCUT2D eigenvalue weighted by molar-refractivity contribution is -0.129. The van der Waals surface area contributed by atoms with Gasteiger partial charge in [-0.1, -0.05) is 25.0 Å². The lowest BCUT2D eigenvalue weighted by Crippen LogP contribution is -2.41. The highest BCUT2D eigenvalue weighted by Crippen LogP contribution is 2.31. The van der Waals surface area contributed by atoms with Crippen molar-refractivity contribution in [2.45, 2.75) is 64.0 Å². The predicted octanol–water partition coefficient (Wildman–Crippen LogP) is 4.44. The molecule has 0 radical (unpaired) electrons. The topological polar surface area (TPSA) is 125 Å². The third-order valence-electron chi connectivity index (χ3n) is 6.80. The van der Waals surface area contributed by atoms with Crippen LogP contribution in [0.5, 0.6) is 11.5 Å². The van der Waals surface area contributed by atoms with E-state index >= 15 is 0 Å². The lowest BCUT2D eigenvalue weighted by Gasteiger charge is -2.20. The molecule has 0 fully saturated rings. The molecule has 0 saturated carbocycles. The molecule has 4 rings (SSSR count). The SMILES string of the molecule is COc1ccc2[nH]c3c(c2c1)COc1ccccc1NC(=O)[C@H](CCCCCC(=O)NO)NCCCC3. The first kappa shape index (κ1) is 26.5. The Kier molecular flexibility index (Phi) is 9.40. The number of rotatable bonds is 7. The van der Waals surface area contributed by atoms with Crippen LogP contribution in [-0.2, 0) is 22.6 Å². The Labute approximate surface area is 216 Å². The summed E-state index contributed by atoms with van der Waals surface area (Å²) in [5.41, 5.74) is 5.60. The number of ether oxygens (including phenoxy) is 2. The molecule has 1 aromatic heterocycles. The first-order valence-electron chi connectivity index (χ1n) is 13.0. The molecule has 2 amide bonds. The Morgan fingerprint density at radius 3 is 2.86 bits per heavy atom. The summed E-state index contributed by atoms with van der Waals surface area (Å²) in [5, 5.41) is 16.2. The second-order valence-corrected chi connectivity index (χ2v) is 9.37. The molecule has 9 nitrogen and oxygen atoms in total. The van der Waals surface area contributed by atoms with Gasteiger partial charge in [-0.3, -0.25) is 14.8 Å². The van der Waals surface area contributed by atoms with Gasteiger partial charge in [0.05, 0.1) is 18.8 Å². The minimum Gasteiger partial charge on any atom is -0.497 e. The van der Waals surface area contributed by atoms with Crippen molar-refractivity contribution in [2.24, 2.45) is 0 Å². The second kappa shape index (κ2) is 13.1. The molecule has 1 atom stereocenters. The van der Waals surface area contributed by atoms with Crippen molar-refractivity contribution in [2.75, 3.05) is 19.0 Å². The summed E-state index contributed by atoms with van der Waals surface area (Å²) < 4.78 is 11.7. The van der Waals surface area contributed by atoms with E-state index in [2.05, 4.69) is 15.6 Å². The van der Waals surface area contributed by atoms with E-state index in [4.69, 9.17) is 14.7 Å². The Morgan fingerprint density at radius 2 is 2.03 bits per heavy atom. The number of carbonyl (C=O) groups excluding carboxylic acids is 2. The van der Waals surface area contributed by atoms with Gasteiger partial charge in [-0.2, -0.15) is 0 Å². The number of para-hydroxylation sites is 2. The van der Waals surface area contributed by atoms with Gasteiger partial charge in [0.15, 0.2) is 0 Å². The summed E-state index contributed by atoms with van der Waals surface area (Å²) in [7, 11) is 1.66. The molecular weight excluding hydrogens is 472 g/mol. The molecule has 9 heteroatoms. The Hall–Kier alpha value is -3.56.